The molecule has 0 aliphatic carbocycles. The first-order valence-electron chi connectivity index (χ1n) is 9.19. The third kappa shape index (κ3) is 3.40. The lowest BCUT2D eigenvalue weighted by Crippen LogP contribution is -2.54. The number of benzene rings is 2. The second-order valence-electron chi connectivity index (χ2n) is 7.13. The van der Waals surface area contributed by atoms with Gasteiger partial charge >= 0.3 is 0 Å². The molecule has 0 spiro atoms. The molecule has 2 heterocycles. The molecule has 32 heavy (non-hydrogen) atoms. The normalized spacial score (nSPS) is 23.3. The van der Waals surface area contributed by atoms with Crippen LogP contribution in [-0.2, 0) is 4.74 Å². The van der Waals surface area contributed by atoms with E-state index in [2.05, 4.69) is 0 Å². The molecule has 1 aliphatic rings. The average Bonchev–Trinajstić information content (AvgIpc) is 2.74. The summed E-state index contributed by atoms with van der Waals surface area (Å²) < 4.78 is 16.1. The van der Waals surface area contributed by atoms with E-state index in [1.807, 2.05) is 0 Å². The molecule has 0 bridgehead atoms. The molecule has 1 aromatic heterocycles. The van der Waals surface area contributed by atoms with Crippen LogP contribution in [0.4, 0.5) is 0 Å². The molecule has 170 valence electrons. The van der Waals surface area contributed by atoms with Crippen molar-refractivity contribution >= 4 is 11.0 Å². The molecule has 4 atom stereocenters. The van der Waals surface area contributed by atoms with Gasteiger partial charge in [-0.05, 0) is 18.2 Å². The Morgan fingerprint density at radius 1 is 0.875 bits per heavy atom. The summed E-state index contributed by atoms with van der Waals surface area (Å²) in [7, 11) is 0. The molecule has 2 aromatic carbocycles. The molecule has 0 radical (unpaired) electrons. The molecule has 12 nitrogen and oxygen atoms in total. The van der Waals surface area contributed by atoms with Gasteiger partial charge in [0.1, 0.15) is 29.4 Å². The predicted octanol–water partition coefficient (Wildman–Crippen LogP) is -0.194. The summed E-state index contributed by atoms with van der Waals surface area (Å²) in [5.41, 5.74) is -1.71. The Kier molecular flexibility index (Phi) is 5.22. The van der Waals surface area contributed by atoms with Gasteiger partial charge < -0.3 is 54.7 Å². The largest absolute Gasteiger partial charge is 0.507 e. The van der Waals surface area contributed by atoms with Crippen LogP contribution in [0.3, 0.4) is 0 Å². The van der Waals surface area contributed by atoms with Crippen molar-refractivity contribution in [2.45, 2.75) is 24.6 Å². The van der Waals surface area contributed by atoms with Crippen molar-refractivity contribution in [3.63, 3.8) is 0 Å². The van der Waals surface area contributed by atoms with Crippen LogP contribution >= 0.6 is 0 Å². The fourth-order valence-corrected chi connectivity index (χ4v) is 3.28. The van der Waals surface area contributed by atoms with Crippen molar-refractivity contribution in [1.82, 2.24) is 0 Å². The van der Waals surface area contributed by atoms with Crippen molar-refractivity contribution in [2.75, 3.05) is 6.61 Å². The minimum atomic E-state index is -1.75. The van der Waals surface area contributed by atoms with E-state index in [9.17, 15) is 45.6 Å². The second kappa shape index (κ2) is 7.76. The summed E-state index contributed by atoms with van der Waals surface area (Å²) in [5, 5.41) is 78.9. The number of aliphatic hydroxyl groups is 3. The molecule has 0 amide bonds. The number of aromatic hydroxyl groups is 5. The summed E-state index contributed by atoms with van der Waals surface area (Å²) in [6, 6.07) is 4.02. The highest BCUT2D eigenvalue weighted by Gasteiger charge is 2.40. The lowest BCUT2D eigenvalue weighted by Gasteiger charge is -2.35. The second-order valence-corrected chi connectivity index (χ2v) is 7.13. The van der Waals surface area contributed by atoms with Gasteiger partial charge in [-0.15, -0.1) is 0 Å². The first-order chi connectivity index (χ1) is 15.1. The molecule has 8 N–H and O–H groups in total. The van der Waals surface area contributed by atoms with Gasteiger partial charge in [0.15, 0.2) is 28.6 Å². The summed E-state index contributed by atoms with van der Waals surface area (Å²) in [6.07, 6.45) is -6.38. The Labute approximate surface area is 178 Å². The van der Waals surface area contributed by atoms with E-state index in [1.54, 1.807) is 0 Å². The highest BCUT2D eigenvalue weighted by Crippen LogP contribution is 2.44. The van der Waals surface area contributed by atoms with Crippen LogP contribution in [0.2, 0.25) is 0 Å². The van der Waals surface area contributed by atoms with Crippen LogP contribution in [-0.4, -0.2) is 72.1 Å². The van der Waals surface area contributed by atoms with Crippen molar-refractivity contribution in [3.05, 3.63) is 34.5 Å². The van der Waals surface area contributed by atoms with E-state index < -0.39 is 87.9 Å². The molecular weight excluding hydrogens is 432 g/mol. The summed E-state index contributed by atoms with van der Waals surface area (Å²) in [5.74, 6) is -4.55. The maximum Gasteiger partial charge on any atom is 0.238 e. The Bertz CT molecular complexity index is 1250. The molecule has 1 saturated heterocycles. The molecule has 3 aromatic rings. The maximum atomic E-state index is 12.7. The molecule has 4 rings (SSSR count). The minimum absolute atomic E-state index is 0.0434. The quantitative estimate of drug-likeness (QED) is 0.244. The zero-order valence-electron chi connectivity index (χ0n) is 16.0. The van der Waals surface area contributed by atoms with E-state index in [4.69, 9.17) is 13.9 Å². The van der Waals surface area contributed by atoms with Crippen molar-refractivity contribution in [2.24, 2.45) is 0 Å². The number of fused-ring (bicyclic) bond motifs is 1. The summed E-state index contributed by atoms with van der Waals surface area (Å²) >= 11 is 0. The van der Waals surface area contributed by atoms with Crippen LogP contribution < -0.4 is 10.2 Å². The third-order valence-corrected chi connectivity index (χ3v) is 4.98. The Morgan fingerprint density at radius 3 is 2.28 bits per heavy atom. The third-order valence-electron chi connectivity index (χ3n) is 4.98. The predicted molar refractivity (Wildman–Crippen MR) is 105 cm³/mol. The molecule has 1 fully saturated rings. The molecular formula is C20H18O12. The summed E-state index contributed by atoms with van der Waals surface area (Å²) in [6.45, 7) is -0.414. The lowest BCUT2D eigenvalue weighted by molar-refractivity contribution is -0.242. The van der Waals surface area contributed by atoms with Gasteiger partial charge in [0.2, 0.25) is 23.2 Å². The van der Waals surface area contributed by atoms with Gasteiger partial charge in [-0.1, -0.05) is 0 Å². The number of aliphatic hydroxyl groups excluding tert-OH is 3. The van der Waals surface area contributed by atoms with Crippen molar-refractivity contribution in [3.8, 4) is 45.8 Å². The topological polar surface area (TPSA) is 211 Å². The van der Waals surface area contributed by atoms with Crippen molar-refractivity contribution < 1.29 is 54.7 Å². The van der Waals surface area contributed by atoms with Gasteiger partial charge in [0.05, 0.1) is 6.61 Å². The number of phenols is 4. The number of hydrogen-bond donors (Lipinski definition) is 8. The number of phenolic OH excluding ortho intramolecular Hbond substituents is 4. The average molecular weight is 450 g/mol. The van der Waals surface area contributed by atoms with E-state index in [0.29, 0.717) is 0 Å². The fraction of sp³-hybridized carbons (Fsp3) is 0.250. The Hall–Kier alpha value is -3.71. The standard InChI is InChI=1S/C20H18O12/c21-7-2-1-6(3-8(7)22)17-15(28)14(27)12-9(23)4-10(24)18(19(12)31-17)32-20-16(29)13(26)11(25)5-30-20/h1-4,11,13,16,20-26,28-29H,5H2. The van der Waals surface area contributed by atoms with Gasteiger partial charge in [0.25, 0.3) is 0 Å². The molecule has 4 unspecified atom stereocenters. The zero-order valence-corrected chi connectivity index (χ0v) is 16.0. The minimum Gasteiger partial charge on any atom is -0.507 e. The molecule has 0 saturated carbocycles. The molecule has 1 aliphatic heterocycles. The van der Waals surface area contributed by atoms with E-state index in [0.717, 1.165) is 18.2 Å². The van der Waals surface area contributed by atoms with Crippen LogP contribution in [0.25, 0.3) is 22.3 Å². The smallest absolute Gasteiger partial charge is 0.238 e. The fourth-order valence-electron chi connectivity index (χ4n) is 3.28. The highest BCUT2D eigenvalue weighted by molar-refractivity contribution is 5.93. The van der Waals surface area contributed by atoms with E-state index in [-0.39, 0.29) is 5.56 Å². The number of ether oxygens (including phenoxy) is 2. The van der Waals surface area contributed by atoms with Crippen LogP contribution in [0.1, 0.15) is 0 Å². The van der Waals surface area contributed by atoms with Crippen LogP contribution in [0.5, 0.6) is 34.5 Å². The SMILES string of the molecule is O=c1c(O)c(-c2ccc(O)c(O)c2)oc2c(OC3OCC(O)C(O)C3O)c(O)cc(O)c12. The maximum absolute atomic E-state index is 12.7. The highest BCUT2D eigenvalue weighted by atomic mass is 16.7. The Balaban J connectivity index is 1.91. The van der Waals surface area contributed by atoms with Gasteiger partial charge in [-0.25, -0.2) is 0 Å². The first-order valence-corrected chi connectivity index (χ1v) is 9.19. The van der Waals surface area contributed by atoms with Crippen molar-refractivity contribution in [1.29, 1.82) is 0 Å². The first kappa shape index (κ1) is 21.5. The van der Waals surface area contributed by atoms with Gasteiger partial charge in [-0.2, -0.15) is 0 Å². The lowest BCUT2D eigenvalue weighted by atomic mass is 10.1. The van der Waals surface area contributed by atoms with Crippen LogP contribution in [0.15, 0.2) is 33.5 Å². The molecule has 12 heteroatoms. The van der Waals surface area contributed by atoms with Gasteiger partial charge in [-0.3, -0.25) is 4.79 Å². The number of hydrogen-bond acceptors (Lipinski definition) is 12. The van der Waals surface area contributed by atoms with Gasteiger partial charge in [0, 0.05) is 11.6 Å². The monoisotopic (exact) mass is 450 g/mol. The Morgan fingerprint density at radius 2 is 1.59 bits per heavy atom. The summed E-state index contributed by atoms with van der Waals surface area (Å²) in [4.78, 5) is 12.7. The zero-order chi connectivity index (χ0) is 23.3. The van der Waals surface area contributed by atoms with E-state index in [1.165, 1.54) is 6.07 Å². The van der Waals surface area contributed by atoms with E-state index >= 15 is 0 Å². The number of rotatable bonds is 3. The van der Waals surface area contributed by atoms with Crippen LogP contribution in [0, 0.1) is 0 Å².